The number of likely N-dealkylation sites (tertiary alicyclic amines) is 1. The van der Waals surface area contributed by atoms with E-state index in [0.717, 1.165) is 10.5 Å². The normalized spacial score (nSPS) is 22.3. The zero-order valence-electron chi connectivity index (χ0n) is 10.4. The summed E-state index contributed by atoms with van der Waals surface area (Å²) in [6.45, 7) is 1.85. The summed E-state index contributed by atoms with van der Waals surface area (Å²) in [7, 11) is 0. The first kappa shape index (κ1) is 13.3. The van der Waals surface area contributed by atoms with Gasteiger partial charge < -0.3 is 20.4 Å². The number of amides is 2. The summed E-state index contributed by atoms with van der Waals surface area (Å²) < 4.78 is 0. The van der Waals surface area contributed by atoms with E-state index in [1.54, 1.807) is 12.3 Å². The van der Waals surface area contributed by atoms with Crippen molar-refractivity contribution in [3.8, 4) is 0 Å². The van der Waals surface area contributed by atoms with Crippen molar-refractivity contribution in [2.45, 2.75) is 25.5 Å². The van der Waals surface area contributed by atoms with Gasteiger partial charge in [-0.25, -0.2) is 9.59 Å². The molecule has 0 radical (unpaired) electrons. The second kappa shape index (κ2) is 5.23. The number of hydrogen-bond donors (Lipinski definition) is 3. The number of carboxylic acids is 1. The molecule has 1 aromatic heterocycles. The molecule has 2 atom stereocenters. The highest BCUT2D eigenvalue weighted by atomic mass is 16.4. The van der Waals surface area contributed by atoms with E-state index in [1.807, 2.05) is 6.92 Å². The van der Waals surface area contributed by atoms with Crippen molar-refractivity contribution in [3.63, 3.8) is 0 Å². The molecule has 2 unspecified atom stereocenters. The van der Waals surface area contributed by atoms with Crippen LogP contribution in [-0.2, 0) is 4.79 Å². The molecule has 1 aliphatic rings. The van der Waals surface area contributed by atoms with Gasteiger partial charge in [-0.05, 0) is 18.6 Å². The lowest BCUT2D eigenvalue weighted by Gasteiger charge is -2.21. The van der Waals surface area contributed by atoms with Crippen LogP contribution in [0, 0.1) is 6.92 Å². The lowest BCUT2D eigenvalue weighted by Crippen LogP contribution is -2.43. The number of urea groups is 1. The molecular formula is C12H15N3O4. The van der Waals surface area contributed by atoms with Gasteiger partial charge in [-0.3, -0.25) is 4.98 Å². The number of nitrogens with one attached hydrogen (secondary N) is 1. The number of nitrogens with zero attached hydrogens (tertiary/aromatic N) is 2. The average Bonchev–Trinajstić information content (AvgIpc) is 2.71. The molecule has 0 aromatic carbocycles. The van der Waals surface area contributed by atoms with Crippen LogP contribution in [0.3, 0.4) is 0 Å². The van der Waals surface area contributed by atoms with Gasteiger partial charge in [-0.2, -0.15) is 0 Å². The zero-order chi connectivity index (χ0) is 14.0. The largest absolute Gasteiger partial charge is 0.480 e. The SMILES string of the molecule is Cc1cncc(NC(=O)N2CC(O)CC2C(=O)O)c1. The van der Waals surface area contributed by atoms with E-state index in [0.29, 0.717) is 5.69 Å². The lowest BCUT2D eigenvalue weighted by atomic mass is 10.2. The van der Waals surface area contributed by atoms with E-state index in [-0.39, 0.29) is 13.0 Å². The van der Waals surface area contributed by atoms with Crippen LogP contribution in [0.25, 0.3) is 0 Å². The number of carboxylic acid groups (broad SMARTS) is 1. The Hall–Kier alpha value is -2.15. The number of carbonyl (C=O) groups excluding carboxylic acids is 1. The second-order valence-corrected chi connectivity index (χ2v) is 4.58. The van der Waals surface area contributed by atoms with Gasteiger partial charge in [0, 0.05) is 19.2 Å². The summed E-state index contributed by atoms with van der Waals surface area (Å²) in [6, 6.07) is 0.191. The molecule has 2 amide bonds. The van der Waals surface area contributed by atoms with Crippen molar-refractivity contribution in [1.82, 2.24) is 9.88 Å². The van der Waals surface area contributed by atoms with E-state index in [9.17, 15) is 14.7 Å². The number of aromatic nitrogens is 1. The Balaban J connectivity index is 2.09. The minimum atomic E-state index is -1.12. The maximum absolute atomic E-state index is 12.0. The molecule has 3 N–H and O–H groups in total. The molecule has 19 heavy (non-hydrogen) atoms. The second-order valence-electron chi connectivity index (χ2n) is 4.58. The fourth-order valence-electron chi connectivity index (χ4n) is 2.09. The predicted octanol–water partition coefficient (Wildman–Crippen LogP) is 0.442. The Morgan fingerprint density at radius 2 is 2.21 bits per heavy atom. The molecule has 102 valence electrons. The molecule has 7 heteroatoms. The predicted molar refractivity (Wildman–Crippen MR) is 66.7 cm³/mol. The van der Waals surface area contributed by atoms with Crippen LogP contribution < -0.4 is 5.32 Å². The number of aliphatic hydroxyl groups is 1. The van der Waals surface area contributed by atoms with Crippen LogP contribution in [0.2, 0.25) is 0 Å². The van der Waals surface area contributed by atoms with Crippen LogP contribution in [-0.4, -0.2) is 50.8 Å². The highest BCUT2D eigenvalue weighted by Gasteiger charge is 2.38. The topological polar surface area (TPSA) is 103 Å². The summed E-state index contributed by atoms with van der Waals surface area (Å²) in [5.41, 5.74) is 1.38. The molecule has 1 fully saturated rings. The van der Waals surface area contributed by atoms with Crippen molar-refractivity contribution in [2.75, 3.05) is 11.9 Å². The highest BCUT2D eigenvalue weighted by molar-refractivity contribution is 5.92. The van der Waals surface area contributed by atoms with E-state index < -0.39 is 24.1 Å². The summed E-state index contributed by atoms with van der Waals surface area (Å²) in [5.74, 6) is -1.12. The van der Waals surface area contributed by atoms with Crippen molar-refractivity contribution < 1.29 is 19.8 Å². The van der Waals surface area contributed by atoms with Gasteiger partial charge in [0.15, 0.2) is 0 Å². The Labute approximate surface area is 109 Å². The quantitative estimate of drug-likeness (QED) is 0.720. The molecule has 1 aromatic rings. The number of carbonyl (C=O) groups is 2. The Morgan fingerprint density at radius 3 is 2.84 bits per heavy atom. The van der Waals surface area contributed by atoms with Gasteiger partial charge in [0.25, 0.3) is 0 Å². The minimum Gasteiger partial charge on any atom is -0.480 e. The Morgan fingerprint density at radius 1 is 1.47 bits per heavy atom. The molecule has 1 aliphatic heterocycles. The minimum absolute atomic E-state index is 0.0159. The first-order valence-corrected chi connectivity index (χ1v) is 5.87. The lowest BCUT2D eigenvalue weighted by molar-refractivity contribution is -0.141. The maximum atomic E-state index is 12.0. The number of pyridine rings is 1. The van der Waals surface area contributed by atoms with Crippen LogP contribution in [0.5, 0.6) is 0 Å². The summed E-state index contributed by atoms with van der Waals surface area (Å²) in [5, 5.41) is 21.1. The smallest absolute Gasteiger partial charge is 0.326 e. The third-order valence-corrected chi connectivity index (χ3v) is 2.95. The molecule has 0 bridgehead atoms. The summed E-state index contributed by atoms with van der Waals surface area (Å²) in [4.78, 5) is 28.1. The van der Waals surface area contributed by atoms with E-state index in [1.165, 1.54) is 6.20 Å². The highest BCUT2D eigenvalue weighted by Crippen LogP contribution is 2.19. The van der Waals surface area contributed by atoms with E-state index in [2.05, 4.69) is 10.3 Å². The number of aryl methyl sites for hydroxylation is 1. The maximum Gasteiger partial charge on any atom is 0.326 e. The Bertz CT molecular complexity index is 506. The number of aliphatic hydroxyl groups excluding tert-OH is 1. The zero-order valence-corrected chi connectivity index (χ0v) is 10.4. The molecule has 2 heterocycles. The fraction of sp³-hybridized carbons (Fsp3) is 0.417. The third-order valence-electron chi connectivity index (χ3n) is 2.95. The molecular weight excluding hydrogens is 250 g/mol. The number of anilines is 1. The number of hydrogen-bond acceptors (Lipinski definition) is 4. The summed E-state index contributed by atoms with van der Waals surface area (Å²) >= 11 is 0. The average molecular weight is 265 g/mol. The first-order valence-electron chi connectivity index (χ1n) is 5.87. The first-order chi connectivity index (χ1) is 8.97. The van der Waals surface area contributed by atoms with Gasteiger partial charge in [-0.15, -0.1) is 0 Å². The number of β-amino-alcohol motifs (C(OH)–C–C–N with tert-alkyl or cyclic N) is 1. The molecule has 7 nitrogen and oxygen atoms in total. The van der Waals surface area contributed by atoms with Gasteiger partial charge in [-0.1, -0.05) is 0 Å². The number of aliphatic carboxylic acids is 1. The van der Waals surface area contributed by atoms with Gasteiger partial charge in [0.05, 0.1) is 18.0 Å². The van der Waals surface area contributed by atoms with Crippen molar-refractivity contribution >= 4 is 17.7 Å². The van der Waals surface area contributed by atoms with Crippen LogP contribution in [0.4, 0.5) is 10.5 Å². The third kappa shape index (κ3) is 3.00. The van der Waals surface area contributed by atoms with Crippen LogP contribution >= 0.6 is 0 Å². The Kier molecular flexibility index (Phi) is 3.66. The summed E-state index contributed by atoms with van der Waals surface area (Å²) in [6.07, 6.45) is 2.37. The monoisotopic (exact) mass is 265 g/mol. The van der Waals surface area contributed by atoms with Crippen LogP contribution in [0.1, 0.15) is 12.0 Å². The molecule has 1 saturated heterocycles. The molecule has 0 aliphatic carbocycles. The molecule has 2 rings (SSSR count). The van der Waals surface area contributed by atoms with Crippen molar-refractivity contribution in [2.24, 2.45) is 0 Å². The van der Waals surface area contributed by atoms with Crippen LogP contribution in [0.15, 0.2) is 18.5 Å². The van der Waals surface area contributed by atoms with Gasteiger partial charge in [0.1, 0.15) is 6.04 Å². The van der Waals surface area contributed by atoms with Crippen molar-refractivity contribution in [1.29, 1.82) is 0 Å². The fourth-order valence-corrected chi connectivity index (χ4v) is 2.09. The van der Waals surface area contributed by atoms with Gasteiger partial charge in [0.2, 0.25) is 0 Å². The van der Waals surface area contributed by atoms with E-state index >= 15 is 0 Å². The number of rotatable bonds is 2. The van der Waals surface area contributed by atoms with Gasteiger partial charge >= 0.3 is 12.0 Å². The standard InChI is InChI=1S/C12H15N3O4/c1-7-2-8(5-13-4-7)14-12(19)15-6-9(16)3-10(15)11(17)18/h2,4-5,9-10,16H,3,6H2,1H3,(H,14,19)(H,17,18). The molecule has 0 spiro atoms. The molecule has 0 saturated carbocycles. The van der Waals surface area contributed by atoms with Crippen molar-refractivity contribution in [3.05, 3.63) is 24.0 Å². The van der Waals surface area contributed by atoms with E-state index in [4.69, 9.17) is 5.11 Å².